The van der Waals surface area contributed by atoms with Crippen molar-refractivity contribution in [2.75, 3.05) is 20.8 Å². The molecule has 3 aromatic rings. The van der Waals surface area contributed by atoms with E-state index in [-0.39, 0.29) is 23.5 Å². The van der Waals surface area contributed by atoms with Crippen LogP contribution in [0.1, 0.15) is 16.7 Å². The molecule has 0 saturated heterocycles. The Morgan fingerprint density at radius 1 is 0.941 bits per heavy atom. The van der Waals surface area contributed by atoms with Gasteiger partial charge in [-0.3, -0.25) is 4.79 Å². The van der Waals surface area contributed by atoms with Crippen LogP contribution in [0, 0.1) is 12.7 Å². The van der Waals surface area contributed by atoms with Gasteiger partial charge in [0, 0.05) is 12.1 Å². The fourth-order valence-corrected chi connectivity index (χ4v) is 4.78. The van der Waals surface area contributed by atoms with Gasteiger partial charge < -0.3 is 14.8 Å². The summed E-state index contributed by atoms with van der Waals surface area (Å²) in [5.41, 5.74) is 1.67. The molecule has 0 saturated carbocycles. The molecule has 1 N–H and O–H groups in total. The number of sulfonamides is 1. The number of benzene rings is 3. The highest BCUT2D eigenvalue weighted by Crippen LogP contribution is 2.28. The standard InChI is InChI=1S/C25H27FN2O5S/c1-18-11-13-20(14-12-18)34(30,31)28(16-19-7-4-5-8-22(19)26)17-25(29)27-15-21-23(32-2)9-6-10-24(21)33-3/h4-14H,15-17H2,1-3H3,(H,27,29). The lowest BCUT2D eigenvalue weighted by molar-refractivity contribution is -0.121. The molecule has 34 heavy (non-hydrogen) atoms. The van der Waals surface area contributed by atoms with E-state index in [1.54, 1.807) is 36.4 Å². The number of methoxy groups -OCH3 is 2. The van der Waals surface area contributed by atoms with Crippen LogP contribution in [0.2, 0.25) is 0 Å². The number of hydrogen-bond donors (Lipinski definition) is 1. The number of nitrogens with zero attached hydrogens (tertiary/aromatic N) is 1. The number of aryl methyl sites for hydroxylation is 1. The van der Waals surface area contributed by atoms with Crippen LogP contribution in [0.25, 0.3) is 0 Å². The molecule has 0 fully saturated rings. The van der Waals surface area contributed by atoms with Gasteiger partial charge in [0.2, 0.25) is 15.9 Å². The van der Waals surface area contributed by atoms with Crippen LogP contribution in [0.3, 0.4) is 0 Å². The van der Waals surface area contributed by atoms with Crippen LogP contribution >= 0.6 is 0 Å². The number of nitrogens with one attached hydrogen (secondary N) is 1. The average Bonchev–Trinajstić information content (AvgIpc) is 2.83. The van der Waals surface area contributed by atoms with Crippen molar-refractivity contribution in [2.24, 2.45) is 0 Å². The highest BCUT2D eigenvalue weighted by Gasteiger charge is 2.28. The lowest BCUT2D eigenvalue weighted by Crippen LogP contribution is -2.40. The third-order valence-electron chi connectivity index (χ3n) is 5.28. The zero-order valence-corrected chi connectivity index (χ0v) is 20.1. The summed E-state index contributed by atoms with van der Waals surface area (Å²) < 4.78 is 52.7. The van der Waals surface area contributed by atoms with Crippen LogP contribution in [0.5, 0.6) is 11.5 Å². The van der Waals surface area contributed by atoms with Crippen LogP contribution in [-0.4, -0.2) is 39.4 Å². The monoisotopic (exact) mass is 486 g/mol. The summed E-state index contributed by atoms with van der Waals surface area (Å²) in [6.07, 6.45) is 0. The Hall–Kier alpha value is -3.43. The maximum atomic E-state index is 14.3. The first-order valence-corrected chi connectivity index (χ1v) is 12.0. The molecule has 0 heterocycles. The van der Waals surface area contributed by atoms with Crippen molar-refractivity contribution < 1.29 is 27.1 Å². The molecule has 0 aliphatic rings. The third-order valence-corrected chi connectivity index (χ3v) is 7.08. The van der Waals surface area contributed by atoms with Gasteiger partial charge in [0.25, 0.3) is 0 Å². The Morgan fingerprint density at radius 2 is 1.56 bits per heavy atom. The summed E-state index contributed by atoms with van der Waals surface area (Å²) in [7, 11) is -1.07. The minimum atomic E-state index is -4.08. The number of carbonyl (C=O) groups excluding carboxylic acids is 1. The van der Waals surface area contributed by atoms with Gasteiger partial charge in [0.05, 0.1) is 37.8 Å². The summed E-state index contributed by atoms with van der Waals surface area (Å²) in [5, 5.41) is 2.71. The van der Waals surface area contributed by atoms with Gasteiger partial charge in [-0.05, 0) is 37.3 Å². The Kier molecular flexibility index (Phi) is 8.25. The predicted octanol–water partition coefficient (Wildman–Crippen LogP) is 3.66. The lowest BCUT2D eigenvalue weighted by atomic mass is 10.1. The molecule has 3 rings (SSSR count). The van der Waals surface area contributed by atoms with Gasteiger partial charge in [-0.25, -0.2) is 12.8 Å². The molecule has 0 aliphatic carbocycles. The van der Waals surface area contributed by atoms with Gasteiger partial charge in [0.15, 0.2) is 0 Å². The van der Waals surface area contributed by atoms with Gasteiger partial charge in [-0.1, -0.05) is 42.0 Å². The number of amides is 1. The molecular formula is C25H27FN2O5S. The zero-order valence-electron chi connectivity index (χ0n) is 19.2. The molecular weight excluding hydrogens is 459 g/mol. The van der Waals surface area contributed by atoms with Crippen molar-refractivity contribution in [3.63, 3.8) is 0 Å². The minimum absolute atomic E-state index is 0.0219. The van der Waals surface area contributed by atoms with E-state index in [0.717, 1.165) is 9.87 Å². The highest BCUT2D eigenvalue weighted by atomic mass is 32.2. The summed E-state index contributed by atoms with van der Waals surface area (Å²) in [6.45, 7) is 1.10. The van der Waals surface area contributed by atoms with Crippen LogP contribution < -0.4 is 14.8 Å². The molecule has 0 unspecified atom stereocenters. The van der Waals surface area contributed by atoms with E-state index in [1.165, 1.54) is 44.6 Å². The summed E-state index contributed by atoms with van der Waals surface area (Å²) in [6, 6.07) is 17.4. The second-order valence-electron chi connectivity index (χ2n) is 7.60. The van der Waals surface area contributed by atoms with Crippen molar-refractivity contribution in [1.29, 1.82) is 0 Å². The fraction of sp³-hybridized carbons (Fsp3) is 0.240. The van der Waals surface area contributed by atoms with Gasteiger partial charge in [0.1, 0.15) is 17.3 Å². The van der Waals surface area contributed by atoms with Gasteiger partial charge >= 0.3 is 0 Å². The number of rotatable bonds is 10. The van der Waals surface area contributed by atoms with E-state index in [4.69, 9.17) is 9.47 Å². The zero-order chi connectivity index (χ0) is 24.7. The molecule has 3 aromatic carbocycles. The van der Waals surface area contributed by atoms with Crippen molar-refractivity contribution >= 4 is 15.9 Å². The molecule has 0 radical (unpaired) electrons. The summed E-state index contributed by atoms with van der Waals surface area (Å²) >= 11 is 0. The first kappa shape index (κ1) is 25.2. The Morgan fingerprint density at radius 3 is 2.15 bits per heavy atom. The number of halogens is 1. The molecule has 0 aliphatic heterocycles. The molecule has 7 nitrogen and oxygen atoms in total. The number of carbonyl (C=O) groups is 1. The SMILES string of the molecule is COc1cccc(OC)c1CNC(=O)CN(Cc1ccccc1F)S(=O)(=O)c1ccc(C)cc1. The first-order chi connectivity index (χ1) is 16.3. The van der Waals surface area contributed by atoms with Crippen molar-refractivity contribution in [1.82, 2.24) is 9.62 Å². The van der Waals surface area contributed by atoms with E-state index >= 15 is 0 Å². The van der Waals surface area contributed by atoms with E-state index in [0.29, 0.717) is 17.1 Å². The molecule has 0 spiro atoms. The summed E-state index contributed by atoms with van der Waals surface area (Å²) in [5.74, 6) is -0.0592. The third kappa shape index (κ3) is 5.92. The highest BCUT2D eigenvalue weighted by molar-refractivity contribution is 7.89. The predicted molar refractivity (Wildman–Crippen MR) is 127 cm³/mol. The Labute approximate surface area is 199 Å². The molecule has 0 aromatic heterocycles. The minimum Gasteiger partial charge on any atom is -0.496 e. The number of hydrogen-bond acceptors (Lipinski definition) is 5. The maximum absolute atomic E-state index is 14.3. The normalized spacial score (nSPS) is 11.3. The van der Waals surface area contributed by atoms with Crippen LogP contribution in [-0.2, 0) is 27.9 Å². The topological polar surface area (TPSA) is 84.9 Å². The Bertz CT molecular complexity index is 1220. The van der Waals surface area contributed by atoms with E-state index in [2.05, 4.69) is 5.32 Å². The average molecular weight is 487 g/mol. The maximum Gasteiger partial charge on any atom is 0.243 e. The fourth-order valence-electron chi connectivity index (χ4n) is 3.41. The Balaban J connectivity index is 1.85. The van der Waals surface area contributed by atoms with E-state index < -0.39 is 28.3 Å². The largest absolute Gasteiger partial charge is 0.496 e. The smallest absolute Gasteiger partial charge is 0.243 e. The molecule has 1 amide bonds. The van der Waals surface area contributed by atoms with Gasteiger partial charge in [-0.2, -0.15) is 4.31 Å². The van der Waals surface area contributed by atoms with Crippen molar-refractivity contribution in [3.8, 4) is 11.5 Å². The summed E-state index contributed by atoms with van der Waals surface area (Å²) in [4.78, 5) is 12.9. The quantitative estimate of drug-likeness (QED) is 0.473. The van der Waals surface area contributed by atoms with Crippen molar-refractivity contribution in [2.45, 2.75) is 24.9 Å². The molecule has 180 valence electrons. The second-order valence-corrected chi connectivity index (χ2v) is 9.53. The lowest BCUT2D eigenvalue weighted by Gasteiger charge is -2.22. The van der Waals surface area contributed by atoms with E-state index in [9.17, 15) is 17.6 Å². The van der Waals surface area contributed by atoms with Crippen LogP contribution in [0.4, 0.5) is 4.39 Å². The van der Waals surface area contributed by atoms with Crippen molar-refractivity contribution in [3.05, 3.63) is 89.2 Å². The molecule has 0 atom stereocenters. The first-order valence-electron chi connectivity index (χ1n) is 10.5. The second kappa shape index (κ2) is 11.1. The van der Waals surface area contributed by atoms with E-state index in [1.807, 2.05) is 6.92 Å². The van der Waals surface area contributed by atoms with Gasteiger partial charge in [-0.15, -0.1) is 0 Å². The number of ether oxygens (including phenoxy) is 2. The van der Waals surface area contributed by atoms with Crippen LogP contribution in [0.15, 0.2) is 71.6 Å². The molecule has 9 heteroatoms. The molecule has 0 bridgehead atoms.